The number of unbranched alkanes of at least 4 members (excludes halogenated alkanes) is 2. The molecule has 1 atom stereocenters. The molecule has 0 aromatic rings. The van der Waals surface area contributed by atoms with Crippen LogP contribution in [-0.4, -0.2) is 41.3 Å². The molecule has 0 aromatic carbocycles. The van der Waals surface area contributed by atoms with Gasteiger partial charge in [0.25, 0.3) is 0 Å². The first-order chi connectivity index (χ1) is 11.3. The lowest BCUT2D eigenvalue weighted by atomic mass is 10.1. The molecular formula is C17H26F5NO2. The number of hydrogen-bond acceptors (Lipinski definition) is 2. The molecule has 3 nitrogen and oxygen atoms in total. The van der Waals surface area contributed by atoms with Crippen molar-refractivity contribution in [3.8, 4) is 0 Å². The molecule has 1 aliphatic heterocycles. The minimum atomic E-state index is -5.49. The Labute approximate surface area is 145 Å². The average molecular weight is 371 g/mol. The first-order valence-electron chi connectivity index (χ1n) is 8.44. The normalized spacial score (nSPS) is 19.7. The van der Waals surface area contributed by atoms with E-state index in [0.717, 1.165) is 12.8 Å². The fourth-order valence-corrected chi connectivity index (χ4v) is 2.54. The molecule has 25 heavy (non-hydrogen) atoms. The van der Waals surface area contributed by atoms with Gasteiger partial charge in [-0.25, -0.2) is 4.79 Å². The van der Waals surface area contributed by atoms with Gasteiger partial charge in [-0.3, -0.25) is 0 Å². The summed E-state index contributed by atoms with van der Waals surface area (Å²) < 4.78 is 67.0. The van der Waals surface area contributed by atoms with Crippen LogP contribution < -0.4 is 0 Å². The van der Waals surface area contributed by atoms with E-state index < -0.39 is 30.2 Å². The van der Waals surface area contributed by atoms with Crippen LogP contribution in [0.25, 0.3) is 0 Å². The van der Waals surface area contributed by atoms with Crippen LogP contribution in [0.15, 0.2) is 12.2 Å². The maximum atomic E-state index is 12.8. The number of allylic oxidation sites excluding steroid dienone is 1. The number of rotatable bonds is 6. The Morgan fingerprint density at radius 3 is 2.36 bits per heavy atom. The van der Waals surface area contributed by atoms with Crippen LogP contribution in [0.3, 0.4) is 0 Å². The lowest BCUT2D eigenvalue weighted by Gasteiger charge is -2.27. The van der Waals surface area contributed by atoms with Crippen molar-refractivity contribution in [3.05, 3.63) is 12.2 Å². The smallest absolute Gasteiger partial charge is 0.444 e. The Morgan fingerprint density at radius 2 is 1.80 bits per heavy atom. The van der Waals surface area contributed by atoms with E-state index in [1.165, 1.54) is 0 Å². The number of ether oxygens (including phenoxy) is 1. The highest BCUT2D eigenvalue weighted by atomic mass is 19.4. The number of carbonyl (C=O) groups excluding carboxylic acids is 1. The van der Waals surface area contributed by atoms with Crippen LogP contribution in [0, 0.1) is 0 Å². The summed E-state index contributed by atoms with van der Waals surface area (Å²) >= 11 is 0. The van der Waals surface area contributed by atoms with Crippen LogP contribution in [0.4, 0.5) is 26.7 Å². The van der Waals surface area contributed by atoms with Gasteiger partial charge in [0.1, 0.15) is 5.60 Å². The quantitative estimate of drug-likeness (QED) is 0.340. The molecule has 0 bridgehead atoms. The third kappa shape index (κ3) is 7.20. The van der Waals surface area contributed by atoms with Gasteiger partial charge in [0, 0.05) is 13.0 Å². The van der Waals surface area contributed by atoms with E-state index in [1.54, 1.807) is 37.8 Å². The van der Waals surface area contributed by atoms with E-state index >= 15 is 0 Å². The monoisotopic (exact) mass is 371 g/mol. The number of alkyl halides is 5. The van der Waals surface area contributed by atoms with Crippen LogP contribution in [0.1, 0.15) is 59.3 Å². The SMILES string of the molecule is CC(C)(C)OC(=O)N1CCCC1C=CCCCCC(F)(F)C(F)(F)F. The van der Waals surface area contributed by atoms with Gasteiger partial charge in [0.2, 0.25) is 0 Å². The summed E-state index contributed by atoms with van der Waals surface area (Å²) in [6, 6.07) is -0.119. The molecule has 0 aromatic heterocycles. The minimum absolute atomic E-state index is 0.119. The molecule has 0 aliphatic carbocycles. The summed E-state index contributed by atoms with van der Waals surface area (Å²) in [7, 11) is 0. The lowest BCUT2D eigenvalue weighted by Crippen LogP contribution is -2.39. The van der Waals surface area contributed by atoms with Crippen LogP contribution in [-0.2, 0) is 4.74 Å². The Bertz CT molecular complexity index is 469. The molecule has 1 rings (SSSR count). The molecule has 1 heterocycles. The third-order valence-electron chi connectivity index (χ3n) is 3.81. The van der Waals surface area contributed by atoms with E-state index in [-0.39, 0.29) is 18.9 Å². The molecule has 8 heteroatoms. The van der Waals surface area contributed by atoms with E-state index in [4.69, 9.17) is 4.74 Å². The van der Waals surface area contributed by atoms with Gasteiger partial charge in [0.15, 0.2) is 0 Å². The summed E-state index contributed by atoms with van der Waals surface area (Å²) in [5.41, 5.74) is -0.586. The minimum Gasteiger partial charge on any atom is -0.444 e. The molecule has 0 spiro atoms. The zero-order chi connectivity index (χ0) is 19.3. The number of halogens is 5. The number of likely N-dealkylation sites (tertiary alicyclic amines) is 1. The first-order valence-corrected chi connectivity index (χ1v) is 8.44. The van der Waals surface area contributed by atoms with Crippen molar-refractivity contribution in [1.29, 1.82) is 0 Å². The van der Waals surface area contributed by atoms with E-state index in [2.05, 4.69) is 0 Å². The number of hydrogen-bond donors (Lipinski definition) is 0. The average Bonchev–Trinajstić information content (AvgIpc) is 2.87. The van der Waals surface area contributed by atoms with Crippen molar-refractivity contribution in [2.24, 2.45) is 0 Å². The highest BCUT2D eigenvalue weighted by Gasteiger charge is 2.56. The Kier molecular flexibility index (Phi) is 7.26. The predicted octanol–water partition coefficient (Wildman–Crippen LogP) is 5.70. The van der Waals surface area contributed by atoms with Gasteiger partial charge in [-0.15, -0.1) is 0 Å². The summed E-state index contributed by atoms with van der Waals surface area (Å²) in [6.45, 7) is 5.93. The van der Waals surface area contributed by atoms with Gasteiger partial charge in [-0.2, -0.15) is 22.0 Å². The first kappa shape index (κ1) is 21.7. The number of amides is 1. The van der Waals surface area contributed by atoms with Crippen molar-refractivity contribution < 1.29 is 31.5 Å². The Morgan fingerprint density at radius 1 is 1.16 bits per heavy atom. The molecule has 0 radical (unpaired) electrons. The Hall–Kier alpha value is -1.34. The third-order valence-corrected chi connectivity index (χ3v) is 3.81. The molecular weight excluding hydrogens is 345 g/mol. The van der Waals surface area contributed by atoms with Crippen molar-refractivity contribution in [1.82, 2.24) is 4.90 Å². The van der Waals surface area contributed by atoms with Crippen molar-refractivity contribution in [2.75, 3.05) is 6.54 Å². The molecule has 0 saturated carbocycles. The largest absolute Gasteiger partial charge is 0.453 e. The second kappa shape index (κ2) is 8.36. The molecule has 1 fully saturated rings. The van der Waals surface area contributed by atoms with Crippen molar-refractivity contribution >= 4 is 6.09 Å². The standard InChI is InChI=1S/C17H26F5NO2/c1-15(2,3)25-14(24)23-12-8-10-13(23)9-6-4-5-7-11-16(18,19)17(20,21)22/h6,9,13H,4-5,7-8,10-12H2,1-3H3. The van der Waals surface area contributed by atoms with Crippen LogP contribution in [0.2, 0.25) is 0 Å². The fourth-order valence-electron chi connectivity index (χ4n) is 2.54. The molecule has 1 unspecified atom stereocenters. The van der Waals surface area contributed by atoms with E-state index in [0.29, 0.717) is 13.0 Å². The topological polar surface area (TPSA) is 29.5 Å². The van der Waals surface area contributed by atoms with E-state index in [9.17, 15) is 26.7 Å². The summed E-state index contributed by atoms with van der Waals surface area (Å²) in [4.78, 5) is 13.7. The molecule has 1 amide bonds. The van der Waals surface area contributed by atoms with E-state index in [1.807, 2.05) is 0 Å². The fraction of sp³-hybridized carbons (Fsp3) is 0.824. The molecule has 1 aliphatic rings. The summed E-state index contributed by atoms with van der Waals surface area (Å²) in [5.74, 6) is -4.63. The Balaban J connectivity index is 2.37. The predicted molar refractivity (Wildman–Crippen MR) is 84.6 cm³/mol. The summed E-state index contributed by atoms with van der Waals surface area (Å²) in [5, 5.41) is 0. The van der Waals surface area contributed by atoms with Gasteiger partial charge in [-0.1, -0.05) is 12.2 Å². The maximum absolute atomic E-state index is 12.8. The van der Waals surface area contributed by atoms with Crippen molar-refractivity contribution in [2.45, 2.75) is 83.0 Å². The van der Waals surface area contributed by atoms with Crippen molar-refractivity contribution in [3.63, 3.8) is 0 Å². The zero-order valence-corrected chi connectivity index (χ0v) is 14.8. The number of carbonyl (C=O) groups is 1. The summed E-state index contributed by atoms with van der Waals surface area (Å²) in [6.07, 6.45) is -1.50. The highest BCUT2D eigenvalue weighted by molar-refractivity contribution is 5.69. The maximum Gasteiger partial charge on any atom is 0.453 e. The lowest BCUT2D eigenvalue weighted by molar-refractivity contribution is -0.284. The van der Waals surface area contributed by atoms with Gasteiger partial charge < -0.3 is 9.64 Å². The van der Waals surface area contributed by atoms with Crippen LogP contribution in [0.5, 0.6) is 0 Å². The second-order valence-corrected chi connectivity index (χ2v) is 7.26. The zero-order valence-electron chi connectivity index (χ0n) is 14.8. The molecule has 146 valence electrons. The highest BCUT2D eigenvalue weighted by Crippen LogP contribution is 2.39. The van der Waals surface area contributed by atoms with Crippen LogP contribution >= 0.6 is 0 Å². The van der Waals surface area contributed by atoms with Gasteiger partial charge >= 0.3 is 18.2 Å². The van der Waals surface area contributed by atoms with Gasteiger partial charge in [0.05, 0.1) is 6.04 Å². The van der Waals surface area contributed by atoms with Gasteiger partial charge in [-0.05, 0) is 52.9 Å². The number of nitrogens with zero attached hydrogens (tertiary/aromatic N) is 1. The molecule has 0 N–H and O–H groups in total. The second-order valence-electron chi connectivity index (χ2n) is 7.26. The molecule has 1 saturated heterocycles.